The van der Waals surface area contributed by atoms with E-state index in [1.165, 1.54) is 334 Å². The van der Waals surface area contributed by atoms with Crippen molar-refractivity contribution in [3.63, 3.8) is 0 Å². The Morgan fingerprint density at radius 2 is 0.603 bits per heavy atom. The number of rotatable bonds is 67. The third kappa shape index (κ3) is 63.5. The molecule has 0 rings (SSSR count). The predicted octanol–water partition coefficient (Wildman–Crippen LogP) is 22.9. The Balaban J connectivity index is 3.35. The largest absolute Gasteiger partial charge is 0.466 e. The highest BCUT2D eigenvalue weighted by molar-refractivity contribution is 5.76. The molecule has 0 fully saturated rings. The quantitative estimate of drug-likeness (QED) is 0.0320. The van der Waals surface area contributed by atoms with Crippen molar-refractivity contribution in [1.29, 1.82) is 0 Å². The first kappa shape index (κ1) is 76.3. The summed E-state index contributed by atoms with van der Waals surface area (Å²) in [6.45, 7) is 4.94. The van der Waals surface area contributed by atoms with Crippen LogP contribution < -0.4 is 5.32 Å². The number of carbonyl (C=O) groups excluding carboxylic acids is 2. The minimum atomic E-state index is -0.843. The minimum absolute atomic E-state index is 0.0216. The molecule has 462 valence electrons. The average Bonchev–Trinajstić information content (AvgIpc) is 3.44. The zero-order valence-electron chi connectivity index (χ0n) is 52.9. The Morgan fingerprint density at radius 1 is 0.346 bits per heavy atom. The summed E-state index contributed by atoms with van der Waals surface area (Å²) >= 11 is 0. The predicted molar refractivity (Wildman–Crippen MR) is 343 cm³/mol. The molecule has 0 aliphatic rings. The summed E-state index contributed by atoms with van der Waals surface area (Å²) in [6.07, 6.45) is 85.5. The van der Waals surface area contributed by atoms with Crippen LogP contribution in [-0.4, -0.2) is 47.4 Å². The van der Waals surface area contributed by atoms with E-state index in [0.29, 0.717) is 19.4 Å². The highest BCUT2D eigenvalue weighted by Gasteiger charge is 2.18. The summed E-state index contributed by atoms with van der Waals surface area (Å²) in [5, 5.41) is 23.1. The van der Waals surface area contributed by atoms with Crippen LogP contribution in [0.25, 0.3) is 0 Å². The van der Waals surface area contributed by atoms with Crippen molar-refractivity contribution in [3.8, 4) is 0 Å². The summed E-state index contributed by atoms with van der Waals surface area (Å²) in [7, 11) is 0. The maximum Gasteiger partial charge on any atom is 0.305 e. The molecule has 0 radical (unpaired) electrons. The van der Waals surface area contributed by atoms with E-state index in [-0.39, 0.29) is 18.5 Å². The van der Waals surface area contributed by atoms with Crippen LogP contribution in [0, 0.1) is 0 Å². The lowest BCUT2D eigenvalue weighted by Gasteiger charge is -2.20. The van der Waals surface area contributed by atoms with Crippen LogP contribution in [0.4, 0.5) is 0 Å². The van der Waals surface area contributed by atoms with Crippen molar-refractivity contribution >= 4 is 11.9 Å². The second kappa shape index (κ2) is 67.8. The molecule has 2 atom stereocenters. The summed E-state index contributed by atoms with van der Waals surface area (Å²) in [5.74, 6) is -0.0440. The van der Waals surface area contributed by atoms with E-state index in [4.69, 9.17) is 4.74 Å². The summed E-state index contributed by atoms with van der Waals surface area (Å²) in [4.78, 5) is 24.6. The van der Waals surface area contributed by atoms with Gasteiger partial charge >= 0.3 is 5.97 Å². The van der Waals surface area contributed by atoms with E-state index in [9.17, 15) is 19.8 Å². The molecule has 6 nitrogen and oxygen atoms in total. The lowest BCUT2D eigenvalue weighted by molar-refractivity contribution is -0.143. The number of aliphatic hydroxyl groups is 2. The maximum atomic E-state index is 12.5. The molecule has 0 heterocycles. The molecule has 0 aromatic carbocycles. The van der Waals surface area contributed by atoms with E-state index >= 15 is 0 Å². The van der Waals surface area contributed by atoms with Gasteiger partial charge in [-0.25, -0.2) is 0 Å². The number of unbranched alkanes of at least 4 members (excludes halogenated alkanes) is 54. The molecule has 0 aromatic heterocycles. The van der Waals surface area contributed by atoms with Crippen molar-refractivity contribution in [3.05, 3.63) is 24.3 Å². The van der Waals surface area contributed by atoms with E-state index in [1.807, 2.05) is 6.08 Å². The third-order valence-electron chi connectivity index (χ3n) is 16.7. The highest BCUT2D eigenvalue weighted by atomic mass is 16.5. The van der Waals surface area contributed by atoms with Gasteiger partial charge in [0.05, 0.1) is 25.4 Å². The molecule has 0 aromatic rings. The van der Waals surface area contributed by atoms with Gasteiger partial charge in [-0.05, 0) is 57.8 Å². The van der Waals surface area contributed by atoms with Gasteiger partial charge in [-0.3, -0.25) is 9.59 Å². The summed E-state index contributed by atoms with van der Waals surface area (Å²) in [6, 6.07) is -0.626. The van der Waals surface area contributed by atoms with Crippen molar-refractivity contribution in [2.75, 3.05) is 13.2 Å². The number of allylic oxidation sites excluding steroid dienone is 3. The number of nitrogens with one attached hydrogen (secondary N) is 1. The van der Waals surface area contributed by atoms with Gasteiger partial charge in [0.15, 0.2) is 0 Å². The molecule has 0 spiro atoms. The van der Waals surface area contributed by atoms with Gasteiger partial charge < -0.3 is 20.3 Å². The fourth-order valence-corrected chi connectivity index (χ4v) is 11.3. The SMILES string of the molecule is CCCCCCCCCCCCC/C=C/C(O)C(CO)NC(=O)CCCCCCCCCCCCCCC/C=C\CCCCCCCCCCCCCCOC(=O)CCCCCCCCCCCCCCCCCCCCC. The van der Waals surface area contributed by atoms with Crippen LogP contribution in [0.3, 0.4) is 0 Å². The van der Waals surface area contributed by atoms with E-state index < -0.39 is 12.1 Å². The monoisotopic (exact) mass is 1100 g/mol. The number of ether oxygens (including phenoxy) is 1. The van der Waals surface area contributed by atoms with Gasteiger partial charge in [-0.2, -0.15) is 0 Å². The fraction of sp³-hybridized carbons (Fsp3) is 0.917. The molecular formula is C72H139NO5. The van der Waals surface area contributed by atoms with Gasteiger partial charge in [-0.1, -0.05) is 353 Å². The van der Waals surface area contributed by atoms with Gasteiger partial charge in [0, 0.05) is 12.8 Å². The van der Waals surface area contributed by atoms with Crippen LogP contribution in [-0.2, 0) is 14.3 Å². The molecule has 1 amide bonds. The van der Waals surface area contributed by atoms with Crippen LogP contribution in [0.15, 0.2) is 24.3 Å². The van der Waals surface area contributed by atoms with Crippen molar-refractivity contribution in [1.82, 2.24) is 5.32 Å². The Labute approximate surface area is 488 Å². The van der Waals surface area contributed by atoms with Crippen LogP contribution in [0.2, 0.25) is 0 Å². The van der Waals surface area contributed by atoms with Crippen LogP contribution in [0.1, 0.15) is 399 Å². The number of carbonyl (C=O) groups is 2. The molecular weight excluding hydrogens is 959 g/mol. The zero-order chi connectivity index (χ0) is 56.4. The number of esters is 1. The Morgan fingerprint density at radius 3 is 0.910 bits per heavy atom. The zero-order valence-corrected chi connectivity index (χ0v) is 52.9. The molecule has 2 unspecified atom stereocenters. The standard InChI is InChI=1S/C72H139NO5/c1-3-5-7-9-11-13-15-17-18-19-31-35-38-42-46-50-54-58-62-66-72(77)78-67-63-59-55-51-47-43-39-36-33-30-28-26-24-22-20-21-23-25-27-29-32-34-37-41-45-49-53-57-61-65-71(76)73-69(68-74)70(75)64-60-56-52-48-44-40-16-14-12-10-8-6-4-2/h20,22,60,64,69-70,74-75H,3-19,21,23-59,61-63,65-68H2,1-2H3,(H,73,76)/b22-20-,64-60+. The van der Waals surface area contributed by atoms with Gasteiger partial charge in [0.25, 0.3) is 0 Å². The maximum absolute atomic E-state index is 12.5. The Bertz CT molecular complexity index is 1220. The first-order chi connectivity index (χ1) is 38.5. The summed E-state index contributed by atoms with van der Waals surface area (Å²) in [5.41, 5.74) is 0. The lowest BCUT2D eigenvalue weighted by atomic mass is 10.0. The highest BCUT2D eigenvalue weighted by Crippen LogP contribution is 2.19. The first-order valence-electron chi connectivity index (χ1n) is 35.6. The number of hydrogen-bond donors (Lipinski definition) is 3. The second-order valence-electron chi connectivity index (χ2n) is 24.6. The van der Waals surface area contributed by atoms with Crippen LogP contribution in [0.5, 0.6) is 0 Å². The molecule has 0 bridgehead atoms. The Hall–Kier alpha value is -1.66. The van der Waals surface area contributed by atoms with Gasteiger partial charge in [-0.15, -0.1) is 0 Å². The fourth-order valence-electron chi connectivity index (χ4n) is 11.3. The second-order valence-corrected chi connectivity index (χ2v) is 24.6. The molecule has 0 saturated carbocycles. The van der Waals surface area contributed by atoms with Crippen LogP contribution >= 0.6 is 0 Å². The summed E-state index contributed by atoms with van der Waals surface area (Å²) < 4.78 is 5.51. The molecule has 0 aliphatic carbocycles. The third-order valence-corrected chi connectivity index (χ3v) is 16.7. The lowest BCUT2D eigenvalue weighted by Crippen LogP contribution is -2.45. The van der Waals surface area contributed by atoms with Gasteiger partial charge in [0.1, 0.15) is 0 Å². The van der Waals surface area contributed by atoms with E-state index in [2.05, 4.69) is 31.3 Å². The molecule has 3 N–H and O–H groups in total. The topological polar surface area (TPSA) is 95.9 Å². The van der Waals surface area contributed by atoms with Gasteiger partial charge in [0.2, 0.25) is 5.91 Å². The average molecular weight is 1100 g/mol. The van der Waals surface area contributed by atoms with E-state index in [0.717, 1.165) is 38.5 Å². The normalized spacial score (nSPS) is 12.6. The first-order valence-corrected chi connectivity index (χ1v) is 35.6. The molecule has 0 saturated heterocycles. The number of aliphatic hydroxyl groups excluding tert-OH is 2. The number of hydrogen-bond acceptors (Lipinski definition) is 5. The smallest absolute Gasteiger partial charge is 0.305 e. The molecule has 78 heavy (non-hydrogen) atoms. The number of amides is 1. The molecule has 6 heteroatoms. The minimum Gasteiger partial charge on any atom is -0.466 e. The van der Waals surface area contributed by atoms with E-state index in [1.54, 1.807) is 6.08 Å². The molecule has 0 aliphatic heterocycles. The van der Waals surface area contributed by atoms with Crippen molar-refractivity contribution in [2.24, 2.45) is 0 Å². The van der Waals surface area contributed by atoms with Crippen molar-refractivity contribution < 1.29 is 24.5 Å². The Kier molecular flexibility index (Phi) is 66.4. The van der Waals surface area contributed by atoms with Crippen molar-refractivity contribution in [2.45, 2.75) is 411 Å².